The van der Waals surface area contributed by atoms with Crippen molar-refractivity contribution in [1.82, 2.24) is 4.98 Å². The molecule has 1 aromatic heterocycles. The van der Waals surface area contributed by atoms with Gasteiger partial charge >= 0.3 is 5.69 Å². The second-order valence-electron chi connectivity index (χ2n) is 3.78. The summed E-state index contributed by atoms with van der Waals surface area (Å²) >= 11 is 0. The first-order chi connectivity index (χ1) is 10.0. The average Bonchev–Trinajstić information content (AvgIpc) is 2.47. The maximum atomic E-state index is 10.9. The maximum absolute atomic E-state index is 10.9. The number of rotatable bonds is 5. The molecule has 10 heteroatoms. The van der Waals surface area contributed by atoms with Crippen molar-refractivity contribution in [2.45, 2.75) is 0 Å². The van der Waals surface area contributed by atoms with Crippen LogP contribution in [0.25, 0.3) is 0 Å². The molecule has 0 amide bonds. The number of nitro benzene ring substituents is 1. The summed E-state index contributed by atoms with van der Waals surface area (Å²) in [5.41, 5.74) is 1.56. The molecule has 0 atom stereocenters. The highest BCUT2D eigenvalue weighted by Crippen LogP contribution is 2.32. The van der Waals surface area contributed by atoms with E-state index in [2.05, 4.69) is 10.4 Å². The van der Waals surface area contributed by atoms with E-state index >= 15 is 0 Å². The van der Waals surface area contributed by atoms with Gasteiger partial charge in [0.05, 0.1) is 22.0 Å². The van der Waals surface area contributed by atoms with Crippen molar-refractivity contribution in [3.63, 3.8) is 0 Å². The van der Waals surface area contributed by atoms with Gasteiger partial charge in [-0.25, -0.2) is 5.84 Å². The number of nitro groups is 2. The minimum atomic E-state index is -0.658. The topological polar surface area (TPSA) is 146 Å². The molecule has 0 radical (unpaired) electrons. The highest BCUT2D eigenvalue weighted by molar-refractivity contribution is 5.51. The summed E-state index contributed by atoms with van der Waals surface area (Å²) in [4.78, 5) is 24.2. The Hall–Kier alpha value is -3.27. The number of pyridine rings is 1. The van der Waals surface area contributed by atoms with E-state index in [-0.39, 0.29) is 28.8 Å². The Balaban J connectivity index is 2.42. The average molecular weight is 291 g/mol. The Labute approximate surface area is 117 Å². The Morgan fingerprint density at radius 2 is 1.86 bits per heavy atom. The minimum absolute atomic E-state index is 0.00205. The fourth-order valence-electron chi connectivity index (χ4n) is 1.53. The Kier molecular flexibility index (Phi) is 3.90. The van der Waals surface area contributed by atoms with Gasteiger partial charge in [-0.3, -0.25) is 20.2 Å². The number of hydrogen-bond acceptors (Lipinski definition) is 8. The number of ether oxygens (including phenoxy) is 1. The second kappa shape index (κ2) is 5.79. The number of aromatic nitrogens is 1. The SMILES string of the molecule is NNc1cc([N+](=O)[O-])cc(Oc2ccccc2[N+](=O)[O-])n1. The molecule has 2 rings (SSSR count). The Morgan fingerprint density at radius 1 is 1.14 bits per heavy atom. The van der Waals surface area contributed by atoms with Gasteiger partial charge in [-0.1, -0.05) is 12.1 Å². The first-order valence-electron chi connectivity index (χ1n) is 5.55. The number of nitrogen functional groups attached to an aromatic ring is 1. The number of nitrogens with zero attached hydrogens (tertiary/aromatic N) is 3. The van der Waals surface area contributed by atoms with E-state index < -0.39 is 9.85 Å². The van der Waals surface area contributed by atoms with E-state index in [1.165, 1.54) is 24.3 Å². The lowest BCUT2D eigenvalue weighted by Crippen LogP contribution is -2.09. The van der Waals surface area contributed by atoms with Gasteiger partial charge < -0.3 is 10.2 Å². The second-order valence-corrected chi connectivity index (χ2v) is 3.78. The zero-order valence-corrected chi connectivity index (χ0v) is 10.4. The number of nitrogens with two attached hydrogens (primary N) is 1. The van der Waals surface area contributed by atoms with Gasteiger partial charge in [0.25, 0.3) is 5.69 Å². The van der Waals surface area contributed by atoms with Crippen LogP contribution in [-0.2, 0) is 0 Å². The molecule has 0 fully saturated rings. The standard InChI is InChI=1S/C11H9N5O5/c12-14-10-5-7(15(17)18)6-11(13-10)21-9-4-2-1-3-8(9)16(19)20/h1-6H,12H2,(H,13,14). The summed E-state index contributed by atoms with van der Waals surface area (Å²) in [7, 11) is 0. The molecule has 21 heavy (non-hydrogen) atoms. The fraction of sp³-hybridized carbons (Fsp3) is 0. The molecule has 10 nitrogen and oxygen atoms in total. The number of hydrogen-bond donors (Lipinski definition) is 2. The molecule has 1 aromatic carbocycles. The van der Waals surface area contributed by atoms with Crippen molar-refractivity contribution in [3.05, 3.63) is 56.6 Å². The van der Waals surface area contributed by atoms with Crippen LogP contribution >= 0.6 is 0 Å². The molecule has 0 saturated carbocycles. The highest BCUT2D eigenvalue weighted by atomic mass is 16.6. The predicted molar refractivity (Wildman–Crippen MR) is 71.9 cm³/mol. The first kappa shape index (κ1) is 14.1. The largest absolute Gasteiger partial charge is 0.431 e. The molecule has 0 unspecified atom stereocenters. The Morgan fingerprint density at radius 3 is 2.48 bits per heavy atom. The Bertz CT molecular complexity index is 705. The van der Waals surface area contributed by atoms with E-state index in [0.717, 1.165) is 12.1 Å². The third kappa shape index (κ3) is 3.19. The number of hydrazine groups is 1. The van der Waals surface area contributed by atoms with Crippen LogP contribution in [0.4, 0.5) is 17.2 Å². The summed E-state index contributed by atoms with van der Waals surface area (Å²) in [6.07, 6.45) is 0. The molecular formula is C11H9N5O5. The summed E-state index contributed by atoms with van der Waals surface area (Å²) < 4.78 is 5.25. The molecule has 2 aromatic rings. The van der Waals surface area contributed by atoms with Crippen molar-refractivity contribution in [1.29, 1.82) is 0 Å². The smallest absolute Gasteiger partial charge is 0.311 e. The van der Waals surface area contributed by atoms with Crippen LogP contribution in [0.2, 0.25) is 0 Å². The van der Waals surface area contributed by atoms with Gasteiger partial charge in [-0.05, 0) is 6.07 Å². The molecule has 0 aliphatic carbocycles. The van der Waals surface area contributed by atoms with E-state index in [9.17, 15) is 20.2 Å². The van der Waals surface area contributed by atoms with Gasteiger partial charge in [-0.15, -0.1) is 0 Å². The van der Waals surface area contributed by atoms with E-state index in [1.807, 2.05) is 0 Å². The normalized spacial score (nSPS) is 9.95. The van der Waals surface area contributed by atoms with Gasteiger partial charge in [0.15, 0.2) is 5.82 Å². The quantitative estimate of drug-likeness (QED) is 0.482. The summed E-state index contributed by atoms with van der Waals surface area (Å²) in [5.74, 6) is 4.89. The molecule has 0 aliphatic rings. The zero-order chi connectivity index (χ0) is 15.4. The van der Waals surface area contributed by atoms with Gasteiger partial charge in [-0.2, -0.15) is 4.98 Å². The monoisotopic (exact) mass is 291 g/mol. The van der Waals surface area contributed by atoms with Gasteiger partial charge in [0.2, 0.25) is 11.6 Å². The molecule has 0 bridgehead atoms. The van der Waals surface area contributed by atoms with E-state index in [1.54, 1.807) is 0 Å². The van der Waals surface area contributed by atoms with Crippen LogP contribution in [-0.4, -0.2) is 14.8 Å². The lowest BCUT2D eigenvalue weighted by Gasteiger charge is -2.07. The van der Waals surface area contributed by atoms with E-state index in [0.29, 0.717) is 0 Å². The zero-order valence-electron chi connectivity index (χ0n) is 10.4. The molecule has 108 valence electrons. The summed E-state index contributed by atoms with van der Waals surface area (Å²) in [5, 5.41) is 21.7. The van der Waals surface area contributed by atoms with Crippen molar-refractivity contribution in [3.8, 4) is 11.6 Å². The predicted octanol–water partition coefficient (Wildman–Crippen LogP) is 1.98. The fourth-order valence-corrected chi connectivity index (χ4v) is 1.53. The summed E-state index contributed by atoms with van der Waals surface area (Å²) in [6.45, 7) is 0. The molecular weight excluding hydrogens is 282 g/mol. The third-order valence-electron chi connectivity index (χ3n) is 2.42. The van der Waals surface area contributed by atoms with E-state index in [4.69, 9.17) is 10.6 Å². The van der Waals surface area contributed by atoms with Crippen molar-refractivity contribution in [2.24, 2.45) is 5.84 Å². The molecule has 3 N–H and O–H groups in total. The van der Waals surface area contributed by atoms with Crippen LogP contribution in [0.3, 0.4) is 0 Å². The van der Waals surface area contributed by atoms with Crippen LogP contribution in [0.5, 0.6) is 11.6 Å². The van der Waals surface area contributed by atoms with Crippen LogP contribution in [0.15, 0.2) is 36.4 Å². The van der Waals surface area contributed by atoms with Crippen molar-refractivity contribution in [2.75, 3.05) is 5.43 Å². The minimum Gasteiger partial charge on any atom is -0.431 e. The summed E-state index contributed by atoms with van der Waals surface area (Å²) in [6, 6.07) is 7.74. The molecule has 0 saturated heterocycles. The first-order valence-corrected chi connectivity index (χ1v) is 5.55. The molecule has 0 spiro atoms. The lowest BCUT2D eigenvalue weighted by atomic mass is 10.3. The molecule has 0 aliphatic heterocycles. The third-order valence-corrected chi connectivity index (χ3v) is 2.42. The maximum Gasteiger partial charge on any atom is 0.311 e. The number of anilines is 1. The van der Waals surface area contributed by atoms with Crippen LogP contribution < -0.4 is 16.0 Å². The van der Waals surface area contributed by atoms with Gasteiger partial charge in [0, 0.05) is 6.07 Å². The highest BCUT2D eigenvalue weighted by Gasteiger charge is 2.17. The van der Waals surface area contributed by atoms with Crippen LogP contribution in [0.1, 0.15) is 0 Å². The number of para-hydroxylation sites is 2. The number of benzene rings is 1. The van der Waals surface area contributed by atoms with Crippen molar-refractivity contribution >= 4 is 17.2 Å². The number of nitrogens with one attached hydrogen (secondary N) is 1. The lowest BCUT2D eigenvalue weighted by molar-refractivity contribution is -0.386. The van der Waals surface area contributed by atoms with Gasteiger partial charge in [0.1, 0.15) is 0 Å². The van der Waals surface area contributed by atoms with Crippen LogP contribution in [0, 0.1) is 20.2 Å². The molecule has 1 heterocycles. The van der Waals surface area contributed by atoms with Crippen molar-refractivity contribution < 1.29 is 14.6 Å².